The minimum atomic E-state index is -0.547. The molecule has 0 aliphatic rings. The van der Waals surface area contributed by atoms with Crippen LogP contribution in [-0.2, 0) is 9.53 Å². The molecular weight excluding hydrogens is 356 g/mol. The largest absolute Gasteiger partial charge is 0.482 e. The van der Waals surface area contributed by atoms with Crippen LogP contribution in [0.2, 0.25) is 5.02 Å². The molecule has 0 saturated heterocycles. The molecule has 0 aromatic heterocycles. The van der Waals surface area contributed by atoms with E-state index in [9.17, 15) is 9.59 Å². The van der Waals surface area contributed by atoms with Crippen LogP contribution in [0.1, 0.15) is 29.8 Å². The van der Waals surface area contributed by atoms with Gasteiger partial charge in [-0.2, -0.15) is 0 Å². The maximum atomic E-state index is 11.9. The summed E-state index contributed by atoms with van der Waals surface area (Å²) in [6.07, 6.45) is 0. The fourth-order valence-electron chi connectivity index (χ4n) is 2.06. The molecule has 0 bridgehead atoms. The van der Waals surface area contributed by atoms with E-state index in [1.165, 1.54) is 12.1 Å². The summed E-state index contributed by atoms with van der Waals surface area (Å²) in [6, 6.07) is 11.3. The Morgan fingerprint density at radius 2 is 1.77 bits per heavy atom. The van der Waals surface area contributed by atoms with E-state index < -0.39 is 11.9 Å². The van der Waals surface area contributed by atoms with Gasteiger partial charge in [0.05, 0.1) is 12.2 Å². The molecule has 0 atom stereocenters. The maximum absolute atomic E-state index is 11.9. The molecule has 6 heteroatoms. The maximum Gasteiger partial charge on any atom is 0.349 e. The van der Waals surface area contributed by atoms with E-state index in [1.54, 1.807) is 30.3 Å². The Hall–Kier alpha value is -2.53. The second kappa shape index (κ2) is 9.25. The van der Waals surface area contributed by atoms with E-state index in [1.807, 2.05) is 20.8 Å². The van der Waals surface area contributed by atoms with Gasteiger partial charge in [0.15, 0.2) is 6.61 Å². The lowest BCUT2D eigenvalue weighted by Crippen LogP contribution is -2.18. The molecular formula is C20H21ClO5. The van der Waals surface area contributed by atoms with Crippen molar-refractivity contribution in [3.05, 3.63) is 58.6 Å². The van der Waals surface area contributed by atoms with Gasteiger partial charge < -0.3 is 14.2 Å². The summed E-state index contributed by atoms with van der Waals surface area (Å²) in [5, 5.41) is 0.601. The van der Waals surface area contributed by atoms with E-state index in [4.69, 9.17) is 25.8 Å². The second-order valence-electron chi connectivity index (χ2n) is 6.19. The molecule has 0 unspecified atom stereocenters. The van der Waals surface area contributed by atoms with Crippen molar-refractivity contribution in [2.24, 2.45) is 5.92 Å². The molecule has 2 aromatic rings. The molecule has 0 radical (unpaired) electrons. The predicted molar refractivity (Wildman–Crippen MR) is 98.9 cm³/mol. The first-order chi connectivity index (χ1) is 12.3. The van der Waals surface area contributed by atoms with Gasteiger partial charge in [-0.1, -0.05) is 25.4 Å². The van der Waals surface area contributed by atoms with Crippen molar-refractivity contribution >= 4 is 23.5 Å². The number of ether oxygens (including phenoxy) is 3. The first-order valence-corrected chi connectivity index (χ1v) is 8.59. The van der Waals surface area contributed by atoms with Gasteiger partial charge in [-0.25, -0.2) is 9.59 Å². The van der Waals surface area contributed by atoms with Crippen molar-refractivity contribution in [1.82, 2.24) is 0 Å². The van der Waals surface area contributed by atoms with Crippen LogP contribution in [0, 0.1) is 12.8 Å². The molecule has 0 fully saturated rings. The third-order valence-corrected chi connectivity index (χ3v) is 3.59. The van der Waals surface area contributed by atoms with Gasteiger partial charge in [-0.05, 0) is 60.9 Å². The summed E-state index contributed by atoms with van der Waals surface area (Å²) in [6.45, 7) is 5.88. The minimum absolute atomic E-state index is 0.235. The Labute approximate surface area is 157 Å². The number of aryl methyl sites for hydroxylation is 1. The van der Waals surface area contributed by atoms with Crippen LogP contribution in [0.15, 0.2) is 42.5 Å². The molecule has 0 spiro atoms. The highest BCUT2D eigenvalue weighted by atomic mass is 35.5. The molecule has 0 amide bonds. The fraction of sp³-hybridized carbons (Fsp3) is 0.300. The molecule has 26 heavy (non-hydrogen) atoms. The van der Waals surface area contributed by atoms with Crippen molar-refractivity contribution in [1.29, 1.82) is 0 Å². The van der Waals surface area contributed by atoms with Crippen LogP contribution >= 0.6 is 11.6 Å². The number of carbonyl (C=O) groups excluding carboxylic acids is 2. The average molecular weight is 377 g/mol. The minimum Gasteiger partial charge on any atom is -0.482 e. The summed E-state index contributed by atoms with van der Waals surface area (Å²) in [5.41, 5.74) is 1.23. The average Bonchev–Trinajstić information content (AvgIpc) is 2.59. The molecule has 5 nitrogen and oxygen atoms in total. The number of esters is 2. The quantitative estimate of drug-likeness (QED) is 0.528. The van der Waals surface area contributed by atoms with E-state index in [-0.39, 0.29) is 12.5 Å². The first kappa shape index (κ1) is 19.8. The smallest absolute Gasteiger partial charge is 0.349 e. The highest BCUT2D eigenvalue weighted by Crippen LogP contribution is 2.22. The van der Waals surface area contributed by atoms with Gasteiger partial charge in [0.1, 0.15) is 11.5 Å². The van der Waals surface area contributed by atoms with Crippen molar-refractivity contribution in [3.63, 3.8) is 0 Å². The monoisotopic (exact) mass is 376 g/mol. The lowest BCUT2D eigenvalue weighted by atomic mass is 10.2. The summed E-state index contributed by atoms with van der Waals surface area (Å²) < 4.78 is 15.8. The molecule has 0 aliphatic heterocycles. The van der Waals surface area contributed by atoms with Crippen LogP contribution in [0.3, 0.4) is 0 Å². The lowest BCUT2D eigenvalue weighted by Gasteiger charge is -2.10. The predicted octanol–water partition coefficient (Wildman–Crippen LogP) is 4.45. The van der Waals surface area contributed by atoms with Crippen molar-refractivity contribution < 1.29 is 23.8 Å². The second-order valence-corrected chi connectivity index (χ2v) is 6.63. The van der Waals surface area contributed by atoms with Gasteiger partial charge in [0.2, 0.25) is 0 Å². The van der Waals surface area contributed by atoms with Crippen LogP contribution in [-0.4, -0.2) is 25.2 Å². The third kappa shape index (κ3) is 6.08. The highest BCUT2D eigenvalue weighted by molar-refractivity contribution is 6.30. The van der Waals surface area contributed by atoms with Crippen LogP contribution in [0.25, 0.3) is 0 Å². The Morgan fingerprint density at radius 1 is 1.08 bits per heavy atom. The van der Waals surface area contributed by atoms with Gasteiger partial charge in [0.25, 0.3) is 0 Å². The summed E-state index contributed by atoms with van der Waals surface area (Å²) >= 11 is 5.88. The molecule has 0 aliphatic carbocycles. The number of rotatable bonds is 7. The zero-order valence-electron chi connectivity index (χ0n) is 15.0. The molecule has 0 heterocycles. The van der Waals surface area contributed by atoms with Crippen LogP contribution < -0.4 is 9.47 Å². The Morgan fingerprint density at radius 3 is 2.38 bits per heavy atom. The number of halogens is 1. The number of hydrogen-bond acceptors (Lipinski definition) is 5. The summed E-state index contributed by atoms with van der Waals surface area (Å²) in [4.78, 5) is 23.7. The van der Waals surface area contributed by atoms with Crippen LogP contribution in [0.4, 0.5) is 0 Å². The molecule has 138 valence electrons. The topological polar surface area (TPSA) is 61.8 Å². The Bertz CT molecular complexity index is 768. The van der Waals surface area contributed by atoms with Gasteiger partial charge in [-0.15, -0.1) is 0 Å². The standard InChI is InChI=1S/C20H21ClO5/c1-13(2)11-25-20(23)15-4-7-17(8-5-15)26-19(22)12-24-18-9-6-16(21)10-14(18)3/h4-10,13H,11-12H2,1-3H3. The van der Waals surface area contributed by atoms with Gasteiger partial charge in [0, 0.05) is 5.02 Å². The van der Waals surface area contributed by atoms with Crippen LogP contribution in [0.5, 0.6) is 11.5 Å². The molecule has 2 aromatic carbocycles. The van der Waals surface area contributed by atoms with Crippen molar-refractivity contribution in [2.75, 3.05) is 13.2 Å². The van der Waals surface area contributed by atoms with E-state index in [2.05, 4.69) is 0 Å². The number of hydrogen-bond donors (Lipinski definition) is 0. The Balaban J connectivity index is 1.86. The van der Waals surface area contributed by atoms with Gasteiger partial charge in [-0.3, -0.25) is 0 Å². The van der Waals surface area contributed by atoms with E-state index in [0.29, 0.717) is 28.7 Å². The fourth-order valence-corrected chi connectivity index (χ4v) is 2.28. The van der Waals surface area contributed by atoms with E-state index >= 15 is 0 Å². The lowest BCUT2D eigenvalue weighted by molar-refractivity contribution is -0.136. The zero-order valence-corrected chi connectivity index (χ0v) is 15.7. The first-order valence-electron chi connectivity index (χ1n) is 8.22. The molecule has 2 rings (SSSR count). The van der Waals surface area contributed by atoms with Crippen molar-refractivity contribution in [2.45, 2.75) is 20.8 Å². The van der Waals surface area contributed by atoms with Gasteiger partial charge >= 0.3 is 11.9 Å². The van der Waals surface area contributed by atoms with Crippen molar-refractivity contribution in [3.8, 4) is 11.5 Å². The SMILES string of the molecule is Cc1cc(Cl)ccc1OCC(=O)Oc1ccc(C(=O)OCC(C)C)cc1. The number of benzene rings is 2. The molecule has 0 saturated carbocycles. The summed E-state index contributed by atoms with van der Waals surface area (Å²) in [7, 11) is 0. The molecule has 0 N–H and O–H groups in total. The summed E-state index contributed by atoms with van der Waals surface area (Å²) in [5.74, 6) is 0.206. The normalized spacial score (nSPS) is 10.5. The zero-order chi connectivity index (χ0) is 19.1. The number of carbonyl (C=O) groups is 2. The Kier molecular flexibility index (Phi) is 7.04. The highest BCUT2D eigenvalue weighted by Gasteiger charge is 2.11. The third-order valence-electron chi connectivity index (χ3n) is 3.35. The van der Waals surface area contributed by atoms with E-state index in [0.717, 1.165) is 5.56 Å².